The topological polar surface area (TPSA) is 91.2 Å². The normalized spacial score (nSPS) is 18.4. The zero-order chi connectivity index (χ0) is 21.8. The van der Waals surface area contributed by atoms with E-state index in [1.165, 1.54) is 12.4 Å². The standard InChI is InChI=1S/C22H24ClN5O3/c1-28-20(11-19(27-28)14-4-3-5-18(10-14)30-2)21(29)26-16-6-8-17(9-7-16)31-22-24-12-15(23)13-25-22/h3-5,10-13,16-17H,6-9H2,1-2H3,(H,26,29). The lowest BCUT2D eigenvalue weighted by Crippen LogP contribution is -2.40. The van der Waals surface area contributed by atoms with E-state index >= 15 is 0 Å². The summed E-state index contributed by atoms with van der Waals surface area (Å²) in [5, 5.41) is 8.09. The molecule has 0 spiro atoms. The highest BCUT2D eigenvalue weighted by atomic mass is 35.5. The predicted octanol–water partition coefficient (Wildman–Crippen LogP) is 3.66. The molecule has 1 fully saturated rings. The molecule has 0 unspecified atom stereocenters. The van der Waals surface area contributed by atoms with Crippen molar-refractivity contribution in [3.05, 3.63) is 53.4 Å². The van der Waals surface area contributed by atoms with E-state index in [0.29, 0.717) is 16.7 Å². The maximum Gasteiger partial charge on any atom is 0.316 e. The third-order valence-electron chi connectivity index (χ3n) is 5.36. The summed E-state index contributed by atoms with van der Waals surface area (Å²) in [5.41, 5.74) is 2.15. The number of amides is 1. The fraction of sp³-hybridized carbons (Fsp3) is 0.364. The lowest BCUT2D eigenvalue weighted by Gasteiger charge is -2.28. The van der Waals surface area contributed by atoms with E-state index in [4.69, 9.17) is 21.1 Å². The highest BCUT2D eigenvalue weighted by Crippen LogP contribution is 2.25. The number of aromatic nitrogens is 4. The Hall–Kier alpha value is -3.13. The van der Waals surface area contributed by atoms with E-state index < -0.39 is 0 Å². The Morgan fingerprint density at radius 2 is 1.90 bits per heavy atom. The van der Waals surface area contributed by atoms with Gasteiger partial charge in [-0.3, -0.25) is 9.48 Å². The van der Waals surface area contributed by atoms with Crippen LogP contribution in [-0.2, 0) is 7.05 Å². The van der Waals surface area contributed by atoms with Gasteiger partial charge in [0.15, 0.2) is 0 Å². The van der Waals surface area contributed by atoms with Crippen molar-refractivity contribution in [2.75, 3.05) is 7.11 Å². The van der Waals surface area contributed by atoms with Crippen molar-refractivity contribution in [1.82, 2.24) is 25.1 Å². The van der Waals surface area contributed by atoms with Crippen molar-refractivity contribution in [3.63, 3.8) is 0 Å². The molecule has 1 amide bonds. The number of nitrogens with zero attached hydrogens (tertiary/aromatic N) is 4. The van der Waals surface area contributed by atoms with Crippen molar-refractivity contribution in [2.24, 2.45) is 7.05 Å². The van der Waals surface area contributed by atoms with Gasteiger partial charge < -0.3 is 14.8 Å². The van der Waals surface area contributed by atoms with Crippen LogP contribution in [0.25, 0.3) is 11.3 Å². The van der Waals surface area contributed by atoms with Gasteiger partial charge in [-0.2, -0.15) is 5.10 Å². The summed E-state index contributed by atoms with van der Waals surface area (Å²) in [5.74, 6) is 0.617. The van der Waals surface area contributed by atoms with E-state index in [-0.39, 0.29) is 18.1 Å². The van der Waals surface area contributed by atoms with Crippen LogP contribution in [0, 0.1) is 0 Å². The first-order valence-electron chi connectivity index (χ1n) is 10.2. The van der Waals surface area contributed by atoms with E-state index in [2.05, 4.69) is 20.4 Å². The summed E-state index contributed by atoms with van der Waals surface area (Å²) in [6, 6.07) is 9.84. The summed E-state index contributed by atoms with van der Waals surface area (Å²) in [6.07, 6.45) is 6.35. The molecule has 0 bridgehead atoms. The number of nitrogens with one attached hydrogen (secondary N) is 1. The second-order valence-electron chi connectivity index (χ2n) is 7.52. The second-order valence-corrected chi connectivity index (χ2v) is 7.96. The number of carbonyl (C=O) groups excluding carboxylic acids is 1. The maximum atomic E-state index is 12.8. The van der Waals surface area contributed by atoms with Crippen LogP contribution in [0.4, 0.5) is 0 Å². The van der Waals surface area contributed by atoms with Crippen LogP contribution in [0.3, 0.4) is 0 Å². The van der Waals surface area contributed by atoms with Gasteiger partial charge in [0.2, 0.25) is 0 Å². The fourth-order valence-electron chi connectivity index (χ4n) is 3.70. The van der Waals surface area contributed by atoms with E-state index in [1.807, 2.05) is 24.3 Å². The first kappa shape index (κ1) is 21.1. The minimum Gasteiger partial charge on any atom is -0.497 e. The van der Waals surface area contributed by atoms with Gasteiger partial charge in [0.25, 0.3) is 5.91 Å². The number of ether oxygens (including phenoxy) is 2. The van der Waals surface area contributed by atoms with E-state index in [0.717, 1.165) is 42.7 Å². The lowest BCUT2D eigenvalue weighted by molar-refractivity contribution is 0.0876. The first-order chi connectivity index (χ1) is 15.0. The molecule has 8 nitrogen and oxygen atoms in total. The molecule has 4 rings (SSSR count). The monoisotopic (exact) mass is 441 g/mol. The molecule has 1 aliphatic carbocycles. The molecule has 0 saturated heterocycles. The van der Waals surface area contributed by atoms with Crippen LogP contribution in [0.5, 0.6) is 11.8 Å². The van der Waals surface area contributed by atoms with E-state index in [1.54, 1.807) is 24.9 Å². The Morgan fingerprint density at radius 1 is 1.16 bits per heavy atom. The van der Waals surface area contributed by atoms with Crippen LogP contribution in [0.2, 0.25) is 5.02 Å². The van der Waals surface area contributed by atoms with Gasteiger partial charge in [0.1, 0.15) is 17.5 Å². The SMILES string of the molecule is COc1cccc(-c2cc(C(=O)NC3CCC(Oc4ncc(Cl)cn4)CC3)n(C)n2)c1. The Labute approximate surface area is 185 Å². The number of benzene rings is 1. The molecule has 3 aromatic rings. The van der Waals surface area contributed by atoms with Gasteiger partial charge in [0, 0.05) is 18.7 Å². The van der Waals surface area contributed by atoms with Gasteiger partial charge in [0.05, 0.1) is 30.2 Å². The summed E-state index contributed by atoms with van der Waals surface area (Å²) in [7, 11) is 3.40. The van der Waals surface area contributed by atoms with Crippen molar-refractivity contribution in [1.29, 1.82) is 0 Å². The number of methoxy groups -OCH3 is 1. The highest BCUT2D eigenvalue weighted by molar-refractivity contribution is 6.30. The first-order valence-corrected chi connectivity index (χ1v) is 10.5. The molecule has 0 aliphatic heterocycles. The van der Waals surface area contributed by atoms with Gasteiger partial charge >= 0.3 is 6.01 Å². The molecule has 162 valence electrons. The molecule has 2 aromatic heterocycles. The van der Waals surface area contributed by atoms with E-state index in [9.17, 15) is 4.79 Å². The molecular weight excluding hydrogens is 418 g/mol. The molecule has 1 aromatic carbocycles. The number of aryl methyl sites for hydroxylation is 1. The second kappa shape index (κ2) is 9.34. The summed E-state index contributed by atoms with van der Waals surface area (Å²) in [4.78, 5) is 21.0. The summed E-state index contributed by atoms with van der Waals surface area (Å²) < 4.78 is 12.7. The van der Waals surface area contributed by atoms with Crippen molar-refractivity contribution in [2.45, 2.75) is 37.8 Å². The van der Waals surface area contributed by atoms with Gasteiger partial charge in [-0.05, 0) is 43.9 Å². The van der Waals surface area contributed by atoms with Gasteiger partial charge in [-0.15, -0.1) is 0 Å². The molecule has 31 heavy (non-hydrogen) atoms. The van der Waals surface area contributed by atoms with Gasteiger partial charge in [-0.25, -0.2) is 9.97 Å². The average Bonchev–Trinajstić information content (AvgIpc) is 3.18. The third-order valence-corrected chi connectivity index (χ3v) is 5.55. The Kier molecular flexibility index (Phi) is 6.36. The summed E-state index contributed by atoms with van der Waals surface area (Å²) in [6.45, 7) is 0. The zero-order valence-electron chi connectivity index (χ0n) is 17.4. The minimum absolute atomic E-state index is 0.0331. The van der Waals surface area contributed by atoms with Crippen LogP contribution in [-0.4, -0.2) is 44.9 Å². The Bertz CT molecular complexity index is 1050. The van der Waals surface area contributed by atoms with Gasteiger partial charge in [-0.1, -0.05) is 23.7 Å². The summed E-state index contributed by atoms with van der Waals surface area (Å²) >= 11 is 5.80. The molecular formula is C22H24ClN5O3. The fourth-order valence-corrected chi connectivity index (χ4v) is 3.80. The third kappa shape index (κ3) is 5.14. The zero-order valence-corrected chi connectivity index (χ0v) is 18.2. The molecule has 1 N–H and O–H groups in total. The smallest absolute Gasteiger partial charge is 0.316 e. The Balaban J connectivity index is 1.34. The number of hydrogen-bond acceptors (Lipinski definition) is 6. The molecule has 9 heteroatoms. The van der Waals surface area contributed by atoms with Crippen LogP contribution in [0.1, 0.15) is 36.2 Å². The van der Waals surface area contributed by atoms with Crippen LogP contribution >= 0.6 is 11.6 Å². The number of hydrogen-bond donors (Lipinski definition) is 1. The number of carbonyl (C=O) groups is 1. The maximum absolute atomic E-state index is 12.8. The predicted molar refractivity (Wildman–Crippen MR) is 116 cm³/mol. The molecule has 2 heterocycles. The average molecular weight is 442 g/mol. The van der Waals surface area contributed by atoms with Crippen molar-refractivity contribution >= 4 is 17.5 Å². The molecule has 1 aliphatic rings. The van der Waals surface area contributed by atoms with Crippen LogP contribution in [0.15, 0.2) is 42.7 Å². The number of rotatable bonds is 6. The lowest BCUT2D eigenvalue weighted by atomic mass is 9.93. The highest BCUT2D eigenvalue weighted by Gasteiger charge is 2.25. The largest absolute Gasteiger partial charge is 0.497 e. The quantitative estimate of drug-likeness (QED) is 0.627. The van der Waals surface area contributed by atoms with Crippen LogP contribution < -0.4 is 14.8 Å². The minimum atomic E-state index is -0.130. The van der Waals surface area contributed by atoms with Crippen molar-refractivity contribution < 1.29 is 14.3 Å². The molecule has 0 atom stereocenters. The Morgan fingerprint density at radius 3 is 2.61 bits per heavy atom. The molecule has 0 radical (unpaired) electrons. The number of halogens is 1. The van der Waals surface area contributed by atoms with Crippen molar-refractivity contribution in [3.8, 4) is 23.0 Å². The molecule has 1 saturated carbocycles.